The van der Waals surface area contributed by atoms with Gasteiger partial charge in [0.25, 0.3) is 5.91 Å². The number of ether oxygens (including phenoxy) is 2. The van der Waals surface area contributed by atoms with Crippen LogP contribution in [0.25, 0.3) is 10.9 Å². The zero-order valence-electron chi connectivity index (χ0n) is 16.6. The zero-order chi connectivity index (χ0) is 21.1. The summed E-state index contributed by atoms with van der Waals surface area (Å²) in [6.07, 6.45) is 0.0188. The zero-order valence-corrected chi connectivity index (χ0v) is 16.6. The van der Waals surface area contributed by atoms with Crippen LogP contribution in [0.3, 0.4) is 0 Å². The Labute approximate surface area is 167 Å². The number of carbonyl (C=O) groups excluding carboxylic acids is 2. The molecule has 2 aromatic carbocycles. The number of fused-ring (bicyclic) bond motifs is 1. The Bertz CT molecular complexity index is 1090. The molecule has 0 unspecified atom stereocenters. The van der Waals surface area contributed by atoms with Crippen molar-refractivity contribution in [3.05, 3.63) is 53.0 Å². The molecule has 7 nitrogen and oxygen atoms in total. The molecule has 0 saturated heterocycles. The van der Waals surface area contributed by atoms with Crippen LogP contribution >= 0.6 is 0 Å². The van der Waals surface area contributed by atoms with Gasteiger partial charge < -0.3 is 25.1 Å². The highest BCUT2D eigenvalue weighted by Gasteiger charge is 2.19. The number of methoxy groups -OCH3 is 2. The minimum Gasteiger partial charge on any atom is -0.493 e. The standard InChI is InChI=1S/C21H22FN3O4/c1-11-14(15-9-13(22)5-6-16(15)24-11)10-19(26)25-17-7-12(21(27)23-2)8-18(28-3)20(17)29-4/h5-9,24H,10H2,1-4H3,(H,23,27)(H,25,26). The molecule has 0 bridgehead atoms. The van der Waals surface area contributed by atoms with Gasteiger partial charge in [-0.25, -0.2) is 4.39 Å². The van der Waals surface area contributed by atoms with Gasteiger partial charge in [0.15, 0.2) is 11.5 Å². The maximum atomic E-state index is 13.7. The summed E-state index contributed by atoms with van der Waals surface area (Å²) in [7, 11) is 4.40. The number of hydrogen-bond acceptors (Lipinski definition) is 4. The first-order chi connectivity index (χ1) is 13.9. The average molecular weight is 399 g/mol. The molecule has 0 atom stereocenters. The molecule has 3 rings (SSSR count). The summed E-state index contributed by atoms with van der Waals surface area (Å²) in [4.78, 5) is 28.0. The van der Waals surface area contributed by atoms with Gasteiger partial charge in [0.2, 0.25) is 5.91 Å². The lowest BCUT2D eigenvalue weighted by atomic mass is 10.1. The monoisotopic (exact) mass is 399 g/mol. The molecule has 1 heterocycles. The molecule has 0 fully saturated rings. The van der Waals surface area contributed by atoms with Crippen molar-refractivity contribution in [1.29, 1.82) is 0 Å². The largest absolute Gasteiger partial charge is 0.493 e. The molecule has 0 saturated carbocycles. The number of anilines is 1. The van der Waals surface area contributed by atoms with Crippen molar-refractivity contribution in [2.75, 3.05) is 26.6 Å². The first kappa shape index (κ1) is 20.2. The van der Waals surface area contributed by atoms with Crippen LogP contribution in [0.1, 0.15) is 21.6 Å². The van der Waals surface area contributed by atoms with E-state index in [0.29, 0.717) is 33.7 Å². The number of nitrogens with one attached hydrogen (secondary N) is 3. The Hall–Kier alpha value is -3.55. The summed E-state index contributed by atoms with van der Waals surface area (Å²) in [6, 6.07) is 7.44. The Balaban J connectivity index is 1.94. The van der Waals surface area contributed by atoms with Crippen molar-refractivity contribution in [1.82, 2.24) is 10.3 Å². The lowest BCUT2D eigenvalue weighted by Crippen LogP contribution is -2.20. The number of H-pyrrole nitrogens is 1. The highest BCUT2D eigenvalue weighted by atomic mass is 19.1. The van der Waals surface area contributed by atoms with E-state index < -0.39 is 0 Å². The van der Waals surface area contributed by atoms with E-state index in [2.05, 4.69) is 15.6 Å². The molecule has 0 radical (unpaired) electrons. The van der Waals surface area contributed by atoms with Crippen molar-refractivity contribution in [2.45, 2.75) is 13.3 Å². The highest BCUT2D eigenvalue weighted by Crippen LogP contribution is 2.37. The number of carbonyl (C=O) groups is 2. The van der Waals surface area contributed by atoms with Gasteiger partial charge >= 0.3 is 0 Å². The Morgan fingerprint density at radius 1 is 1.14 bits per heavy atom. The second kappa shape index (κ2) is 8.22. The van der Waals surface area contributed by atoms with E-state index in [1.54, 1.807) is 6.07 Å². The fraction of sp³-hybridized carbons (Fsp3) is 0.238. The molecule has 0 spiro atoms. The minimum absolute atomic E-state index is 0.0188. The van der Waals surface area contributed by atoms with Gasteiger partial charge in [-0.05, 0) is 42.8 Å². The van der Waals surface area contributed by atoms with Crippen molar-refractivity contribution < 1.29 is 23.5 Å². The summed E-state index contributed by atoms with van der Waals surface area (Å²) in [5, 5.41) is 5.95. The molecule has 8 heteroatoms. The van der Waals surface area contributed by atoms with Crippen molar-refractivity contribution in [3.63, 3.8) is 0 Å². The van der Waals surface area contributed by atoms with Gasteiger partial charge in [-0.15, -0.1) is 0 Å². The van der Waals surface area contributed by atoms with Crippen LogP contribution in [0, 0.1) is 12.7 Å². The molecule has 3 aromatic rings. The molecule has 1 aromatic heterocycles. The third-order valence-electron chi connectivity index (χ3n) is 4.66. The number of aryl methyl sites for hydroxylation is 1. The maximum Gasteiger partial charge on any atom is 0.251 e. The smallest absolute Gasteiger partial charge is 0.251 e. The fourth-order valence-corrected chi connectivity index (χ4v) is 3.27. The van der Waals surface area contributed by atoms with Crippen molar-refractivity contribution >= 4 is 28.4 Å². The second-order valence-corrected chi connectivity index (χ2v) is 6.48. The van der Waals surface area contributed by atoms with Gasteiger partial charge in [0.05, 0.1) is 26.3 Å². The van der Waals surface area contributed by atoms with Crippen LogP contribution in [0.2, 0.25) is 0 Å². The third kappa shape index (κ3) is 4.01. The van der Waals surface area contributed by atoms with Gasteiger partial charge in [0, 0.05) is 29.2 Å². The number of hydrogen-bond donors (Lipinski definition) is 3. The minimum atomic E-state index is -0.372. The van der Waals surface area contributed by atoms with E-state index in [9.17, 15) is 14.0 Å². The van der Waals surface area contributed by atoms with E-state index in [-0.39, 0.29) is 24.1 Å². The van der Waals surface area contributed by atoms with E-state index in [1.807, 2.05) is 6.92 Å². The molecule has 0 aliphatic rings. The SMILES string of the molecule is CNC(=O)c1cc(NC(=O)Cc2c(C)[nH]c3ccc(F)cc23)c(OC)c(OC)c1. The predicted octanol–water partition coefficient (Wildman–Crippen LogP) is 3.17. The quantitative estimate of drug-likeness (QED) is 0.594. The molecule has 29 heavy (non-hydrogen) atoms. The summed E-state index contributed by atoms with van der Waals surface area (Å²) in [6.45, 7) is 1.83. The first-order valence-corrected chi connectivity index (χ1v) is 8.92. The van der Waals surface area contributed by atoms with Crippen LogP contribution in [0.4, 0.5) is 10.1 Å². The van der Waals surface area contributed by atoms with Crippen LogP contribution in [-0.4, -0.2) is 38.1 Å². The lowest BCUT2D eigenvalue weighted by Gasteiger charge is -2.15. The van der Waals surface area contributed by atoms with Crippen LogP contribution in [-0.2, 0) is 11.2 Å². The Morgan fingerprint density at radius 3 is 2.55 bits per heavy atom. The molecule has 0 aliphatic heterocycles. The number of rotatable bonds is 6. The summed E-state index contributed by atoms with van der Waals surface area (Å²) in [5.74, 6) is -0.427. The van der Waals surface area contributed by atoms with Gasteiger partial charge in [-0.2, -0.15) is 0 Å². The number of halogens is 1. The van der Waals surface area contributed by atoms with Crippen molar-refractivity contribution in [2.24, 2.45) is 0 Å². The second-order valence-electron chi connectivity index (χ2n) is 6.48. The molecule has 0 aliphatic carbocycles. The third-order valence-corrected chi connectivity index (χ3v) is 4.66. The van der Waals surface area contributed by atoms with Crippen LogP contribution in [0.15, 0.2) is 30.3 Å². The Kier molecular flexibility index (Phi) is 5.72. The summed E-state index contributed by atoms with van der Waals surface area (Å²) in [5.41, 5.74) is 2.85. The Morgan fingerprint density at radius 2 is 1.90 bits per heavy atom. The summed E-state index contributed by atoms with van der Waals surface area (Å²) < 4.78 is 24.3. The van der Waals surface area contributed by atoms with Crippen LogP contribution in [0.5, 0.6) is 11.5 Å². The van der Waals surface area contributed by atoms with Crippen molar-refractivity contribution in [3.8, 4) is 11.5 Å². The van der Waals surface area contributed by atoms with E-state index in [1.165, 1.54) is 45.5 Å². The molecular formula is C21H22FN3O4. The van der Waals surface area contributed by atoms with E-state index in [4.69, 9.17) is 9.47 Å². The number of aromatic amines is 1. The number of aromatic nitrogens is 1. The predicted molar refractivity (Wildman–Crippen MR) is 108 cm³/mol. The maximum absolute atomic E-state index is 13.7. The van der Waals surface area contributed by atoms with E-state index in [0.717, 1.165) is 11.2 Å². The van der Waals surface area contributed by atoms with Gasteiger partial charge in [0.1, 0.15) is 5.82 Å². The van der Waals surface area contributed by atoms with E-state index >= 15 is 0 Å². The molecule has 152 valence electrons. The highest BCUT2D eigenvalue weighted by molar-refractivity contribution is 6.01. The normalized spacial score (nSPS) is 10.7. The first-order valence-electron chi connectivity index (χ1n) is 8.92. The molecule has 2 amide bonds. The summed E-state index contributed by atoms with van der Waals surface area (Å²) >= 11 is 0. The fourth-order valence-electron chi connectivity index (χ4n) is 3.27. The van der Waals surface area contributed by atoms with Gasteiger partial charge in [-0.1, -0.05) is 0 Å². The number of amides is 2. The lowest BCUT2D eigenvalue weighted by molar-refractivity contribution is -0.115. The van der Waals surface area contributed by atoms with Crippen LogP contribution < -0.4 is 20.1 Å². The van der Waals surface area contributed by atoms with Gasteiger partial charge in [-0.3, -0.25) is 9.59 Å². The molecular weight excluding hydrogens is 377 g/mol. The number of benzene rings is 2. The average Bonchev–Trinajstić information content (AvgIpc) is 3.01. The topological polar surface area (TPSA) is 92.5 Å². The molecule has 3 N–H and O–H groups in total.